The number of carbonyl (C=O) groups excluding carboxylic acids is 1. The van der Waals surface area contributed by atoms with E-state index in [1.54, 1.807) is 0 Å². The van der Waals surface area contributed by atoms with E-state index in [9.17, 15) is 9.90 Å². The SMILES string of the molecule is Cc1nc(C)c(C(=O)NC[C@H]2C[C@@H](O)CN2Cc2ccccc2)s1. The Balaban J connectivity index is 1.60. The number of aliphatic hydroxyl groups excluding tert-OH is 1. The first-order chi connectivity index (χ1) is 11.5. The summed E-state index contributed by atoms with van der Waals surface area (Å²) in [7, 11) is 0. The smallest absolute Gasteiger partial charge is 0.263 e. The van der Waals surface area contributed by atoms with Crippen LogP contribution in [0.3, 0.4) is 0 Å². The number of thiazole rings is 1. The van der Waals surface area contributed by atoms with Crippen LogP contribution in [0.2, 0.25) is 0 Å². The monoisotopic (exact) mass is 345 g/mol. The summed E-state index contributed by atoms with van der Waals surface area (Å²) in [6.45, 7) is 5.74. The molecular formula is C18H23N3O2S. The largest absolute Gasteiger partial charge is 0.392 e. The molecule has 1 amide bonds. The van der Waals surface area contributed by atoms with E-state index in [0.29, 0.717) is 24.4 Å². The minimum atomic E-state index is -0.331. The summed E-state index contributed by atoms with van der Waals surface area (Å²) in [4.78, 5) is 19.6. The van der Waals surface area contributed by atoms with E-state index in [4.69, 9.17) is 0 Å². The second kappa shape index (κ2) is 7.42. The number of carbonyl (C=O) groups is 1. The number of hydrogen-bond donors (Lipinski definition) is 2. The second-order valence-corrected chi connectivity index (χ2v) is 7.52. The average Bonchev–Trinajstić information content (AvgIpc) is 3.07. The van der Waals surface area contributed by atoms with Crippen molar-refractivity contribution in [2.24, 2.45) is 0 Å². The van der Waals surface area contributed by atoms with Crippen molar-refractivity contribution in [2.75, 3.05) is 13.1 Å². The Kier molecular flexibility index (Phi) is 5.28. The van der Waals surface area contributed by atoms with Crippen molar-refractivity contribution in [3.05, 3.63) is 51.5 Å². The molecule has 24 heavy (non-hydrogen) atoms. The highest BCUT2D eigenvalue weighted by molar-refractivity contribution is 7.13. The molecule has 0 aliphatic carbocycles. The van der Waals surface area contributed by atoms with Crippen molar-refractivity contribution in [2.45, 2.75) is 39.0 Å². The van der Waals surface area contributed by atoms with Gasteiger partial charge in [0.25, 0.3) is 5.91 Å². The third kappa shape index (κ3) is 4.01. The number of nitrogens with one attached hydrogen (secondary N) is 1. The molecule has 5 nitrogen and oxygen atoms in total. The van der Waals surface area contributed by atoms with E-state index < -0.39 is 0 Å². The van der Waals surface area contributed by atoms with Crippen LogP contribution in [-0.4, -0.2) is 46.1 Å². The van der Waals surface area contributed by atoms with Gasteiger partial charge in [-0.1, -0.05) is 30.3 Å². The molecule has 6 heteroatoms. The lowest BCUT2D eigenvalue weighted by Gasteiger charge is -2.24. The van der Waals surface area contributed by atoms with Crippen LogP contribution < -0.4 is 5.32 Å². The summed E-state index contributed by atoms with van der Waals surface area (Å²) in [6, 6.07) is 10.4. The van der Waals surface area contributed by atoms with Gasteiger partial charge in [-0.15, -0.1) is 11.3 Å². The van der Waals surface area contributed by atoms with E-state index in [0.717, 1.165) is 17.2 Å². The molecule has 2 heterocycles. The number of nitrogens with zero attached hydrogens (tertiary/aromatic N) is 2. The number of aryl methyl sites for hydroxylation is 2. The van der Waals surface area contributed by atoms with Crippen LogP contribution in [-0.2, 0) is 6.54 Å². The number of amides is 1. The summed E-state index contributed by atoms with van der Waals surface area (Å²) in [5.74, 6) is -0.0702. The van der Waals surface area contributed by atoms with Gasteiger partial charge in [-0.3, -0.25) is 9.69 Å². The van der Waals surface area contributed by atoms with Crippen molar-refractivity contribution >= 4 is 17.2 Å². The van der Waals surface area contributed by atoms with Gasteiger partial charge in [-0.2, -0.15) is 0 Å². The summed E-state index contributed by atoms with van der Waals surface area (Å²) in [5, 5.41) is 13.9. The van der Waals surface area contributed by atoms with Gasteiger partial charge < -0.3 is 10.4 Å². The highest BCUT2D eigenvalue weighted by Crippen LogP contribution is 2.21. The van der Waals surface area contributed by atoms with Crippen LogP contribution in [0.4, 0.5) is 0 Å². The number of rotatable bonds is 5. The zero-order chi connectivity index (χ0) is 17.1. The summed E-state index contributed by atoms with van der Waals surface area (Å²) in [5.41, 5.74) is 2.00. The van der Waals surface area contributed by atoms with Gasteiger partial charge >= 0.3 is 0 Å². The first-order valence-corrected chi connectivity index (χ1v) is 9.03. The Morgan fingerprint density at radius 3 is 2.79 bits per heavy atom. The summed E-state index contributed by atoms with van der Waals surface area (Å²) >= 11 is 1.42. The van der Waals surface area contributed by atoms with Gasteiger partial charge in [0.1, 0.15) is 4.88 Å². The predicted octanol–water partition coefficient (Wildman–Crippen LogP) is 2.13. The first-order valence-electron chi connectivity index (χ1n) is 8.21. The van der Waals surface area contributed by atoms with E-state index in [1.807, 2.05) is 32.0 Å². The van der Waals surface area contributed by atoms with Crippen LogP contribution in [0.1, 0.15) is 32.4 Å². The molecule has 0 saturated carbocycles. The molecule has 1 saturated heterocycles. The number of hydrogen-bond acceptors (Lipinski definition) is 5. The molecule has 128 valence electrons. The topological polar surface area (TPSA) is 65.5 Å². The van der Waals surface area contributed by atoms with Crippen LogP contribution in [0.5, 0.6) is 0 Å². The van der Waals surface area contributed by atoms with Gasteiger partial charge in [0.05, 0.1) is 16.8 Å². The maximum atomic E-state index is 12.4. The third-order valence-electron chi connectivity index (χ3n) is 4.34. The fourth-order valence-corrected chi connectivity index (χ4v) is 4.05. The van der Waals surface area contributed by atoms with Gasteiger partial charge in [0.2, 0.25) is 0 Å². The third-order valence-corrected chi connectivity index (χ3v) is 5.41. The number of likely N-dealkylation sites (tertiary alicyclic amines) is 1. The van der Waals surface area contributed by atoms with E-state index in [2.05, 4.69) is 27.3 Å². The highest BCUT2D eigenvalue weighted by atomic mass is 32.1. The Labute approximate surface area is 146 Å². The van der Waals surface area contributed by atoms with Crippen LogP contribution in [0.25, 0.3) is 0 Å². The average molecular weight is 345 g/mol. The minimum Gasteiger partial charge on any atom is -0.392 e. The van der Waals surface area contributed by atoms with Crippen LogP contribution in [0, 0.1) is 13.8 Å². The molecule has 1 aliphatic heterocycles. The second-order valence-electron chi connectivity index (χ2n) is 6.32. The molecule has 0 unspecified atom stereocenters. The van der Waals surface area contributed by atoms with Gasteiger partial charge in [-0.25, -0.2) is 4.98 Å². The maximum Gasteiger partial charge on any atom is 0.263 e. The van der Waals surface area contributed by atoms with E-state index in [1.165, 1.54) is 16.9 Å². The van der Waals surface area contributed by atoms with Crippen molar-refractivity contribution < 1.29 is 9.90 Å². The molecule has 3 rings (SSSR count). The van der Waals surface area contributed by atoms with Crippen LogP contribution in [0.15, 0.2) is 30.3 Å². The molecule has 1 aliphatic rings. The Hall–Kier alpha value is -1.76. The lowest BCUT2D eigenvalue weighted by molar-refractivity contribution is 0.0943. The normalized spacial score (nSPS) is 21.1. The van der Waals surface area contributed by atoms with Crippen molar-refractivity contribution in [3.8, 4) is 0 Å². The minimum absolute atomic E-state index is 0.0702. The molecule has 1 fully saturated rings. The van der Waals surface area contributed by atoms with E-state index >= 15 is 0 Å². The fourth-order valence-electron chi connectivity index (χ4n) is 3.21. The molecule has 0 spiro atoms. The molecule has 1 aromatic carbocycles. The maximum absolute atomic E-state index is 12.4. The lowest BCUT2D eigenvalue weighted by Crippen LogP contribution is -2.39. The fraction of sp³-hybridized carbons (Fsp3) is 0.444. The lowest BCUT2D eigenvalue weighted by atomic mass is 10.1. The quantitative estimate of drug-likeness (QED) is 0.871. The van der Waals surface area contributed by atoms with Gasteiger partial charge in [-0.05, 0) is 25.8 Å². The molecule has 2 atom stereocenters. The van der Waals surface area contributed by atoms with Crippen molar-refractivity contribution in [1.29, 1.82) is 0 Å². The summed E-state index contributed by atoms with van der Waals surface area (Å²) < 4.78 is 0. The zero-order valence-corrected chi connectivity index (χ0v) is 14.8. The molecule has 2 aromatic rings. The molecular weight excluding hydrogens is 322 g/mol. The number of aromatic nitrogens is 1. The molecule has 0 radical (unpaired) electrons. The van der Waals surface area contributed by atoms with E-state index in [-0.39, 0.29) is 18.1 Å². The Morgan fingerprint density at radius 1 is 1.38 bits per heavy atom. The zero-order valence-electron chi connectivity index (χ0n) is 14.0. The standard InChI is InChI=1S/C18H23N3O2S/c1-12-17(24-13(2)20-12)18(23)19-9-15-8-16(22)11-21(15)10-14-6-4-3-5-7-14/h3-7,15-16,22H,8-11H2,1-2H3,(H,19,23)/t15-,16-/m1/s1. The van der Waals surface area contributed by atoms with Gasteiger partial charge in [0, 0.05) is 25.7 Å². The van der Waals surface area contributed by atoms with Crippen molar-refractivity contribution in [3.63, 3.8) is 0 Å². The summed E-state index contributed by atoms with van der Waals surface area (Å²) in [6.07, 6.45) is 0.358. The predicted molar refractivity (Wildman–Crippen MR) is 95.2 cm³/mol. The number of benzene rings is 1. The van der Waals surface area contributed by atoms with Crippen molar-refractivity contribution in [1.82, 2.24) is 15.2 Å². The number of β-amino-alcohol motifs (C(OH)–C–C–N with tert-alkyl or cyclic N) is 1. The van der Waals surface area contributed by atoms with Crippen LogP contribution >= 0.6 is 11.3 Å². The molecule has 0 bridgehead atoms. The first kappa shape index (κ1) is 17.1. The molecule has 1 aromatic heterocycles. The molecule has 2 N–H and O–H groups in total. The Morgan fingerprint density at radius 2 is 2.12 bits per heavy atom. The highest BCUT2D eigenvalue weighted by Gasteiger charge is 2.31. The van der Waals surface area contributed by atoms with Gasteiger partial charge in [0.15, 0.2) is 0 Å². The Bertz CT molecular complexity index is 702. The number of aliphatic hydroxyl groups is 1.